The summed E-state index contributed by atoms with van der Waals surface area (Å²) in [5, 5.41) is 16.0. The Morgan fingerprint density at radius 1 is 0.356 bits per heavy atom. The molecule has 11 aromatic rings. The van der Waals surface area contributed by atoms with Gasteiger partial charge in [0.2, 0.25) is 0 Å². The van der Waals surface area contributed by atoms with E-state index in [-0.39, 0.29) is 0 Å². The molecule has 2 aromatic heterocycles. The maximum Gasteiger partial charge on any atom is 0.164 e. The maximum atomic E-state index is 9.37. The Bertz CT molecular complexity index is 3440. The summed E-state index contributed by atoms with van der Waals surface area (Å²) >= 11 is 0. The van der Waals surface area contributed by atoms with Crippen LogP contribution in [0.15, 0.2) is 199 Å². The Kier molecular flexibility index (Phi) is 8.13. The summed E-state index contributed by atoms with van der Waals surface area (Å²) in [7, 11) is 0. The minimum atomic E-state index is 0.546. The summed E-state index contributed by atoms with van der Waals surface area (Å²) < 4.78 is 6.60. The van der Waals surface area contributed by atoms with Gasteiger partial charge in [-0.15, -0.1) is 0 Å². The van der Waals surface area contributed by atoms with Gasteiger partial charge in [0, 0.05) is 27.5 Å². The minimum absolute atomic E-state index is 0.546. The second kappa shape index (κ2) is 14.1. The van der Waals surface area contributed by atoms with Crippen molar-refractivity contribution >= 4 is 43.5 Å². The van der Waals surface area contributed by atoms with Crippen LogP contribution in [-0.4, -0.2) is 15.0 Å². The molecule has 0 saturated heterocycles. The standard InChI is InChI=1S/C54H32N4O/c55-33-34-20-22-37(23-21-34)39-13-8-14-41(30-39)52-56-53(58-54(57-52)48-31-40-12-4-5-15-43(40)45-16-6-7-17-46(45)48)42-28-29-47-50(32-42)59-49-19-9-18-44(51(47)49)38-26-24-36(25-27-38)35-10-2-1-3-11-35/h1-32H. The fourth-order valence-corrected chi connectivity index (χ4v) is 8.25. The Morgan fingerprint density at radius 2 is 0.932 bits per heavy atom. The predicted molar refractivity (Wildman–Crippen MR) is 239 cm³/mol. The number of hydrogen-bond acceptors (Lipinski definition) is 5. The third kappa shape index (κ3) is 6.08. The average molecular weight is 753 g/mol. The normalized spacial score (nSPS) is 11.4. The van der Waals surface area contributed by atoms with E-state index in [0.717, 1.165) is 77.0 Å². The van der Waals surface area contributed by atoms with Crippen LogP contribution in [0, 0.1) is 11.3 Å². The quantitative estimate of drug-likeness (QED) is 0.158. The molecule has 0 bridgehead atoms. The lowest BCUT2D eigenvalue weighted by atomic mass is 9.96. The molecule has 0 atom stereocenters. The molecule has 0 amide bonds. The number of nitriles is 1. The van der Waals surface area contributed by atoms with Gasteiger partial charge in [-0.2, -0.15) is 5.26 Å². The van der Waals surface area contributed by atoms with Crippen molar-refractivity contribution in [2.45, 2.75) is 0 Å². The second-order valence-electron chi connectivity index (χ2n) is 14.7. The second-order valence-corrected chi connectivity index (χ2v) is 14.7. The summed E-state index contributed by atoms with van der Waals surface area (Å²) in [6.45, 7) is 0. The molecule has 0 aliphatic rings. The van der Waals surface area contributed by atoms with E-state index in [1.165, 1.54) is 16.5 Å². The molecule has 0 N–H and O–H groups in total. The zero-order valence-corrected chi connectivity index (χ0v) is 31.7. The number of rotatable bonds is 6. The van der Waals surface area contributed by atoms with Gasteiger partial charge in [0.05, 0.1) is 11.6 Å². The first-order chi connectivity index (χ1) is 29.2. The molecule has 0 fully saturated rings. The number of fused-ring (bicyclic) bond motifs is 6. The Hall–Kier alpha value is -8.20. The van der Waals surface area contributed by atoms with Crippen LogP contribution in [-0.2, 0) is 0 Å². The van der Waals surface area contributed by atoms with Gasteiger partial charge >= 0.3 is 0 Å². The largest absolute Gasteiger partial charge is 0.456 e. The first kappa shape index (κ1) is 34.1. The number of benzene rings is 9. The van der Waals surface area contributed by atoms with Gasteiger partial charge < -0.3 is 4.42 Å². The van der Waals surface area contributed by atoms with E-state index < -0.39 is 0 Å². The van der Waals surface area contributed by atoms with E-state index in [4.69, 9.17) is 19.4 Å². The lowest BCUT2D eigenvalue weighted by Gasteiger charge is -2.13. The highest BCUT2D eigenvalue weighted by atomic mass is 16.3. The van der Waals surface area contributed by atoms with Crippen molar-refractivity contribution in [3.63, 3.8) is 0 Å². The monoisotopic (exact) mass is 752 g/mol. The summed E-state index contributed by atoms with van der Waals surface area (Å²) in [4.78, 5) is 15.6. The van der Waals surface area contributed by atoms with E-state index in [2.05, 4.69) is 146 Å². The van der Waals surface area contributed by atoms with Gasteiger partial charge in [0.25, 0.3) is 0 Å². The summed E-state index contributed by atoms with van der Waals surface area (Å²) in [6.07, 6.45) is 0. The molecule has 0 aliphatic heterocycles. The molecular weight excluding hydrogens is 721 g/mol. The smallest absolute Gasteiger partial charge is 0.164 e. The van der Waals surface area contributed by atoms with Gasteiger partial charge in [0.1, 0.15) is 11.2 Å². The number of hydrogen-bond donors (Lipinski definition) is 0. The van der Waals surface area contributed by atoms with Gasteiger partial charge in [-0.25, -0.2) is 15.0 Å². The van der Waals surface area contributed by atoms with E-state index in [1.807, 2.05) is 54.6 Å². The van der Waals surface area contributed by atoms with Gasteiger partial charge in [-0.05, 0) is 97.4 Å². The molecule has 2 heterocycles. The SMILES string of the molecule is N#Cc1ccc(-c2cccc(-c3nc(-c4ccc5c(c4)oc4cccc(-c6ccc(-c7ccccc7)cc6)c45)nc(-c4cc5ccccc5c5ccccc45)n3)c2)cc1. The zero-order valence-electron chi connectivity index (χ0n) is 31.7. The lowest BCUT2D eigenvalue weighted by Crippen LogP contribution is -2.01. The predicted octanol–water partition coefficient (Wildman–Crippen LogP) is 14.0. The first-order valence-corrected chi connectivity index (χ1v) is 19.6. The maximum absolute atomic E-state index is 9.37. The van der Waals surface area contributed by atoms with E-state index in [9.17, 15) is 5.26 Å². The van der Waals surface area contributed by atoms with Crippen molar-refractivity contribution < 1.29 is 4.42 Å². The van der Waals surface area contributed by atoms with Crippen LogP contribution < -0.4 is 0 Å². The van der Waals surface area contributed by atoms with Gasteiger partial charge in [0.15, 0.2) is 17.5 Å². The molecule has 0 radical (unpaired) electrons. The minimum Gasteiger partial charge on any atom is -0.456 e. The molecule has 0 aliphatic carbocycles. The molecule has 0 unspecified atom stereocenters. The highest BCUT2D eigenvalue weighted by Crippen LogP contribution is 2.40. The fourth-order valence-electron chi connectivity index (χ4n) is 8.25. The van der Waals surface area contributed by atoms with Crippen molar-refractivity contribution in [3.8, 4) is 73.6 Å². The first-order valence-electron chi connectivity index (χ1n) is 19.6. The highest BCUT2D eigenvalue weighted by molar-refractivity contribution is 6.14. The van der Waals surface area contributed by atoms with Crippen LogP contribution in [0.1, 0.15) is 5.56 Å². The van der Waals surface area contributed by atoms with Crippen LogP contribution in [0.4, 0.5) is 0 Å². The zero-order chi connectivity index (χ0) is 39.3. The van der Waals surface area contributed by atoms with Crippen molar-refractivity contribution in [1.82, 2.24) is 15.0 Å². The molecular formula is C54H32N4O. The van der Waals surface area contributed by atoms with Crippen LogP contribution in [0.25, 0.3) is 111 Å². The van der Waals surface area contributed by atoms with Crippen molar-refractivity contribution in [1.29, 1.82) is 5.26 Å². The van der Waals surface area contributed by atoms with Crippen molar-refractivity contribution in [2.75, 3.05) is 0 Å². The Morgan fingerprint density at radius 3 is 1.73 bits per heavy atom. The Labute approximate surface area is 340 Å². The third-order valence-electron chi connectivity index (χ3n) is 11.2. The number of aromatic nitrogens is 3. The molecule has 59 heavy (non-hydrogen) atoms. The van der Waals surface area contributed by atoms with Crippen molar-refractivity contribution in [3.05, 3.63) is 200 Å². The van der Waals surface area contributed by atoms with Gasteiger partial charge in [-0.3, -0.25) is 0 Å². The molecule has 0 spiro atoms. The third-order valence-corrected chi connectivity index (χ3v) is 11.2. The molecule has 5 nitrogen and oxygen atoms in total. The van der Waals surface area contributed by atoms with Crippen LogP contribution in [0.2, 0.25) is 0 Å². The topological polar surface area (TPSA) is 75.6 Å². The molecule has 274 valence electrons. The average Bonchev–Trinajstić information content (AvgIpc) is 3.70. The molecule has 0 saturated carbocycles. The summed E-state index contributed by atoms with van der Waals surface area (Å²) in [5.41, 5.74) is 11.4. The van der Waals surface area contributed by atoms with Crippen LogP contribution in [0.5, 0.6) is 0 Å². The van der Waals surface area contributed by atoms with Crippen LogP contribution in [0.3, 0.4) is 0 Å². The number of furan rings is 1. The number of nitrogens with zero attached hydrogens (tertiary/aromatic N) is 4. The lowest BCUT2D eigenvalue weighted by molar-refractivity contribution is 0.669. The van der Waals surface area contributed by atoms with E-state index in [1.54, 1.807) is 0 Å². The Balaban J connectivity index is 1.07. The summed E-state index contributed by atoms with van der Waals surface area (Å²) in [6, 6.07) is 68.8. The molecule has 11 rings (SSSR count). The molecule has 9 aromatic carbocycles. The van der Waals surface area contributed by atoms with E-state index in [0.29, 0.717) is 23.0 Å². The molecule has 5 heteroatoms. The van der Waals surface area contributed by atoms with Crippen molar-refractivity contribution in [2.24, 2.45) is 0 Å². The van der Waals surface area contributed by atoms with Gasteiger partial charge in [-0.1, -0.05) is 152 Å². The highest BCUT2D eigenvalue weighted by Gasteiger charge is 2.19. The van der Waals surface area contributed by atoms with E-state index >= 15 is 0 Å². The summed E-state index contributed by atoms with van der Waals surface area (Å²) in [5.74, 6) is 1.69. The fraction of sp³-hybridized carbons (Fsp3) is 0. The van der Waals surface area contributed by atoms with Crippen LogP contribution >= 0.6 is 0 Å².